The van der Waals surface area contributed by atoms with Gasteiger partial charge in [0.25, 0.3) is 0 Å². The maximum Gasteiger partial charge on any atom is 0.311 e. The van der Waals surface area contributed by atoms with Gasteiger partial charge in [0.1, 0.15) is 0 Å². The van der Waals surface area contributed by atoms with E-state index in [-0.39, 0.29) is 5.97 Å². The molecule has 1 aliphatic carbocycles. The predicted octanol–water partition coefficient (Wildman–Crippen LogP) is 2.44. The highest BCUT2D eigenvalue weighted by Gasteiger charge is 2.42. The molecule has 2 atom stereocenters. The Balaban J connectivity index is 2.79. The average Bonchev–Trinajstić information content (AvgIpc) is 2.59. The summed E-state index contributed by atoms with van der Waals surface area (Å²) >= 11 is 0. The van der Waals surface area contributed by atoms with Crippen molar-refractivity contribution >= 4 is 5.97 Å². The highest BCUT2D eigenvalue weighted by molar-refractivity contribution is 5.74. The molecule has 0 spiro atoms. The standard InChI is InChI=1S/C13H22O3/c1-4-5-6-11(12(14)16-3)13(15)8-7-10(2)9-13/h9,11,15H,4-8H2,1-3H3. The minimum atomic E-state index is -0.980. The van der Waals surface area contributed by atoms with Crippen LogP contribution in [-0.4, -0.2) is 23.8 Å². The number of carbonyl (C=O) groups is 1. The molecule has 92 valence electrons. The van der Waals surface area contributed by atoms with Gasteiger partial charge >= 0.3 is 5.97 Å². The molecule has 16 heavy (non-hydrogen) atoms. The number of esters is 1. The average molecular weight is 226 g/mol. The van der Waals surface area contributed by atoms with Gasteiger partial charge in [-0.3, -0.25) is 4.79 Å². The van der Waals surface area contributed by atoms with E-state index in [2.05, 4.69) is 6.92 Å². The molecular weight excluding hydrogens is 204 g/mol. The van der Waals surface area contributed by atoms with Crippen LogP contribution in [0.3, 0.4) is 0 Å². The Bertz CT molecular complexity index is 283. The Morgan fingerprint density at radius 3 is 2.81 bits per heavy atom. The molecule has 0 bridgehead atoms. The van der Waals surface area contributed by atoms with Crippen molar-refractivity contribution in [3.8, 4) is 0 Å². The number of aliphatic hydroxyl groups is 1. The molecule has 0 radical (unpaired) electrons. The summed E-state index contributed by atoms with van der Waals surface area (Å²) in [6.07, 6.45) is 6.01. The normalized spacial score (nSPS) is 26.4. The van der Waals surface area contributed by atoms with Gasteiger partial charge in [-0.1, -0.05) is 31.4 Å². The van der Waals surface area contributed by atoms with Crippen molar-refractivity contribution in [3.63, 3.8) is 0 Å². The number of methoxy groups -OCH3 is 1. The Hall–Kier alpha value is -0.830. The minimum Gasteiger partial charge on any atom is -0.469 e. The summed E-state index contributed by atoms with van der Waals surface area (Å²) in [6.45, 7) is 4.07. The molecule has 0 aromatic rings. The lowest BCUT2D eigenvalue weighted by molar-refractivity contribution is -0.153. The van der Waals surface area contributed by atoms with Crippen LogP contribution in [-0.2, 0) is 9.53 Å². The molecule has 1 aliphatic rings. The molecule has 0 fully saturated rings. The first kappa shape index (κ1) is 13.2. The van der Waals surface area contributed by atoms with Gasteiger partial charge in [-0.2, -0.15) is 0 Å². The van der Waals surface area contributed by atoms with Crippen molar-refractivity contribution in [2.24, 2.45) is 5.92 Å². The molecule has 0 aliphatic heterocycles. The summed E-state index contributed by atoms with van der Waals surface area (Å²) in [5.74, 6) is -0.697. The van der Waals surface area contributed by atoms with E-state index in [9.17, 15) is 9.90 Å². The maximum atomic E-state index is 11.7. The fourth-order valence-electron chi connectivity index (χ4n) is 2.37. The van der Waals surface area contributed by atoms with Crippen molar-refractivity contribution in [1.82, 2.24) is 0 Å². The van der Waals surface area contributed by atoms with Crippen molar-refractivity contribution in [3.05, 3.63) is 11.6 Å². The molecule has 2 unspecified atom stereocenters. The number of hydrogen-bond acceptors (Lipinski definition) is 3. The van der Waals surface area contributed by atoms with E-state index >= 15 is 0 Å². The molecular formula is C13H22O3. The highest BCUT2D eigenvalue weighted by atomic mass is 16.5. The topological polar surface area (TPSA) is 46.5 Å². The number of rotatable bonds is 5. The van der Waals surface area contributed by atoms with E-state index in [1.54, 1.807) is 0 Å². The van der Waals surface area contributed by atoms with Crippen molar-refractivity contribution in [2.75, 3.05) is 7.11 Å². The summed E-state index contributed by atoms with van der Waals surface area (Å²) in [6, 6.07) is 0. The maximum absolute atomic E-state index is 11.7. The van der Waals surface area contributed by atoms with Crippen LogP contribution in [0.4, 0.5) is 0 Å². The summed E-state index contributed by atoms with van der Waals surface area (Å²) < 4.78 is 4.79. The molecule has 3 heteroatoms. The molecule has 1 N–H and O–H groups in total. The largest absolute Gasteiger partial charge is 0.469 e. The first-order valence-electron chi connectivity index (χ1n) is 6.02. The van der Waals surface area contributed by atoms with Crippen LogP contribution in [0.15, 0.2) is 11.6 Å². The number of unbranched alkanes of at least 4 members (excludes halogenated alkanes) is 1. The molecule has 3 nitrogen and oxygen atoms in total. The van der Waals surface area contributed by atoms with Crippen LogP contribution < -0.4 is 0 Å². The smallest absolute Gasteiger partial charge is 0.311 e. The third kappa shape index (κ3) is 2.85. The van der Waals surface area contributed by atoms with Gasteiger partial charge in [0.2, 0.25) is 0 Å². The first-order chi connectivity index (χ1) is 7.53. The van der Waals surface area contributed by atoms with E-state index in [4.69, 9.17) is 4.74 Å². The van der Waals surface area contributed by atoms with E-state index < -0.39 is 11.5 Å². The summed E-state index contributed by atoms with van der Waals surface area (Å²) in [5.41, 5.74) is 0.180. The third-order valence-electron chi connectivity index (χ3n) is 3.35. The van der Waals surface area contributed by atoms with Crippen molar-refractivity contribution in [2.45, 2.75) is 51.6 Å². The second-order valence-corrected chi connectivity index (χ2v) is 4.70. The van der Waals surface area contributed by atoms with Crippen molar-refractivity contribution < 1.29 is 14.6 Å². The summed E-state index contributed by atoms with van der Waals surface area (Å²) in [4.78, 5) is 11.7. The molecule has 1 rings (SSSR count). The van der Waals surface area contributed by atoms with Gasteiger partial charge in [-0.25, -0.2) is 0 Å². The number of hydrogen-bond donors (Lipinski definition) is 1. The predicted molar refractivity (Wildman–Crippen MR) is 63.0 cm³/mol. The summed E-state index contributed by atoms with van der Waals surface area (Å²) in [5, 5.41) is 10.5. The zero-order valence-electron chi connectivity index (χ0n) is 10.5. The second-order valence-electron chi connectivity index (χ2n) is 4.70. The monoisotopic (exact) mass is 226 g/mol. The van der Waals surface area contributed by atoms with Gasteiger partial charge in [-0.15, -0.1) is 0 Å². The number of allylic oxidation sites excluding steroid dienone is 1. The van der Waals surface area contributed by atoms with E-state index in [1.807, 2.05) is 13.0 Å². The Labute approximate surface area is 97.5 Å². The minimum absolute atomic E-state index is 0.290. The molecule has 0 saturated carbocycles. The zero-order valence-corrected chi connectivity index (χ0v) is 10.5. The zero-order chi connectivity index (χ0) is 12.2. The fourth-order valence-corrected chi connectivity index (χ4v) is 2.37. The van der Waals surface area contributed by atoms with Crippen molar-refractivity contribution in [1.29, 1.82) is 0 Å². The molecule has 0 aromatic carbocycles. The number of ether oxygens (including phenoxy) is 1. The van der Waals surface area contributed by atoms with Crippen LogP contribution >= 0.6 is 0 Å². The lowest BCUT2D eigenvalue weighted by atomic mass is 9.83. The number of carbonyl (C=O) groups excluding carboxylic acids is 1. The van der Waals surface area contributed by atoms with Gasteiger partial charge in [0.15, 0.2) is 0 Å². The molecule has 0 heterocycles. The highest BCUT2D eigenvalue weighted by Crippen LogP contribution is 2.37. The quantitative estimate of drug-likeness (QED) is 0.578. The third-order valence-corrected chi connectivity index (χ3v) is 3.35. The van der Waals surface area contributed by atoms with Crippen LogP contribution in [0.25, 0.3) is 0 Å². The SMILES string of the molecule is CCCCC(C(=O)OC)C1(O)C=C(C)CC1. The fraction of sp³-hybridized carbons (Fsp3) is 0.769. The van der Waals surface area contributed by atoms with Crippen LogP contribution in [0, 0.1) is 5.92 Å². The molecule has 0 amide bonds. The lowest BCUT2D eigenvalue weighted by Gasteiger charge is -2.29. The van der Waals surface area contributed by atoms with E-state index in [0.717, 1.165) is 24.8 Å². The Kier molecular flexibility index (Phi) is 4.54. The van der Waals surface area contributed by atoms with Crippen LogP contribution in [0.5, 0.6) is 0 Å². The van der Waals surface area contributed by atoms with Crippen LogP contribution in [0.2, 0.25) is 0 Å². The molecule has 0 aromatic heterocycles. The van der Waals surface area contributed by atoms with E-state index in [0.29, 0.717) is 12.8 Å². The lowest BCUT2D eigenvalue weighted by Crippen LogP contribution is -2.39. The van der Waals surface area contributed by atoms with Crippen LogP contribution in [0.1, 0.15) is 46.0 Å². The molecule has 0 saturated heterocycles. The van der Waals surface area contributed by atoms with E-state index in [1.165, 1.54) is 7.11 Å². The van der Waals surface area contributed by atoms with Gasteiger partial charge < -0.3 is 9.84 Å². The van der Waals surface area contributed by atoms with Gasteiger partial charge in [0.05, 0.1) is 18.6 Å². The van der Waals surface area contributed by atoms with Gasteiger partial charge in [-0.05, 0) is 26.2 Å². The first-order valence-corrected chi connectivity index (χ1v) is 6.02. The Morgan fingerprint density at radius 1 is 1.69 bits per heavy atom. The van der Waals surface area contributed by atoms with Gasteiger partial charge in [0, 0.05) is 0 Å². The Morgan fingerprint density at radius 2 is 2.38 bits per heavy atom. The summed E-state index contributed by atoms with van der Waals surface area (Å²) in [7, 11) is 1.39. The second kappa shape index (κ2) is 5.48.